The van der Waals surface area contributed by atoms with Gasteiger partial charge in [-0.1, -0.05) is 24.3 Å². The van der Waals surface area contributed by atoms with E-state index in [-0.39, 0.29) is 18.1 Å². The van der Waals surface area contributed by atoms with Crippen LogP contribution in [0.25, 0.3) is 0 Å². The minimum atomic E-state index is -0.488. The number of likely N-dealkylation sites (tertiary alicyclic amines) is 1. The van der Waals surface area contributed by atoms with Crippen molar-refractivity contribution in [1.29, 1.82) is 0 Å². The number of hydrogen-bond donors (Lipinski definition) is 1. The Morgan fingerprint density at radius 3 is 3.05 bits per heavy atom. The number of ether oxygens (including phenoxy) is 2. The summed E-state index contributed by atoms with van der Waals surface area (Å²) in [4.78, 5) is 14.9. The quantitative estimate of drug-likeness (QED) is 0.913. The lowest BCUT2D eigenvalue weighted by atomic mass is 9.94. The largest absolute Gasteiger partial charge is 0.381 e. The van der Waals surface area contributed by atoms with E-state index in [9.17, 15) is 4.79 Å². The van der Waals surface area contributed by atoms with Gasteiger partial charge in [0.1, 0.15) is 0 Å². The average Bonchev–Trinajstić information content (AvgIpc) is 2.60. The highest BCUT2D eigenvalue weighted by atomic mass is 16.5. The summed E-state index contributed by atoms with van der Waals surface area (Å²) in [5, 5.41) is 0. The van der Waals surface area contributed by atoms with E-state index >= 15 is 0 Å². The van der Waals surface area contributed by atoms with Crippen LogP contribution in [0.5, 0.6) is 0 Å². The van der Waals surface area contributed by atoms with Crippen LogP contribution in [0.1, 0.15) is 30.1 Å². The molecule has 0 spiro atoms. The fourth-order valence-corrected chi connectivity index (χ4v) is 3.49. The summed E-state index contributed by atoms with van der Waals surface area (Å²) in [6.07, 6.45) is 2.22. The molecule has 0 radical (unpaired) electrons. The molecule has 2 aliphatic heterocycles. The zero-order valence-electron chi connectivity index (χ0n) is 13.0. The Labute approximate surface area is 131 Å². The highest BCUT2D eigenvalue weighted by Gasteiger charge is 2.37. The highest BCUT2D eigenvalue weighted by molar-refractivity contribution is 5.83. The van der Waals surface area contributed by atoms with E-state index in [0.29, 0.717) is 19.7 Å². The van der Waals surface area contributed by atoms with E-state index in [0.717, 1.165) is 24.8 Å². The first kappa shape index (κ1) is 15.5. The molecule has 5 heteroatoms. The number of benzene rings is 1. The van der Waals surface area contributed by atoms with Crippen LogP contribution in [0.15, 0.2) is 24.3 Å². The van der Waals surface area contributed by atoms with Crippen molar-refractivity contribution >= 4 is 5.91 Å². The lowest BCUT2D eigenvalue weighted by Crippen LogP contribution is -2.53. The van der Waals surface area contributed by atoms with Gasteiger partial charge < -0.3 is 20.1 Å². The summed E-state index contributed by atoms with van der Waals surface area (Å²) in [5.41, 5.74) is 8.10. The van der Waals surface area contributed by atoms with Crippen LogP contribution in [-0.2, 0) is 20.7 Å². The third-order valence-electron chi connectivity index (χ3n) is 4.77. The number of rotatable bonds is 3. The van der Waals surface area contributed by atoms with Gasteiger partial charge in [-0.2, -0.15) is 0 Å². The first-order valence-electron chi connectivity index (χ1n) is 7.97. The van der Waals surface area contributed by atoms with Gasteiger partial charge in [0.25, 0.3) is 5.91 Å². The summed E-state index contributed by atoms with van der Waals surface area (Å²) in [6, 6.07) is 8.08. The predicted molar refractivity (Wildman–Crippen MR) is 83.4 cm³/mol. The van der Waals surface area contributed by atoms with Gasteiger partial charge in [-0.3, -0.25) is 4.79 Å². The number of nitrogens with two attached hydrogens (primary N) is 1. The van der Waals surface area contributed by atoms with E-state index < -0.39 is 6.10 Å². The lowest BCUT2D eigenvalue weighted by molar-refractivity contribution is -0.150. The third kappa shape index (κ3) is 2.89. The van der Waals surface area contributed by atoms with Crippen molar-refractivity contribution in [1.82, 2.24) is 4.90 Å². The van der Waals surface area contributed by atoms with Crippen LogP contribution in [0.4, 0.5) is 0 Å². The first-order valence-corrected chi connectivity index (χ1v) is 7.97. The van der Waals surface area contributed by atoms with Gasteiger partial charge in [0.2, 0.25) is 0 Å². The second-order valence-electron chi connectivity index (χ2n) is 6.00. The Kier molecular flexibility index (Phi) is 4.76. The van der Waals surface area contributed by atoms with Gasteiger partial charge in [0.05, 0.1) is 12.7 Å². The third-order valence-corrected chi connectivity index (χ3v) is 4.77. The monoisotopic (exact) mass is 304 g/mol. The maximum atomic E-state index is 13.0. The molecular weight excluding hydrogens is 280 g/mol. The van der Waals surface area contributed by atoms with E-state index in [2.05, 4.69) is 6.07 Å². The smallest absolute Gasteiger partial charge is 0.256 e. The number of amides is 1. The molecule has 0 bridgehead atoms. The molecule has 1 saturated heterocycles. The Morgan fingerprint density at radius 1 is 1.45 bits per heavy atom. The van der Waals surface area contributed by atoms with Gasteiger partial charge in [0, 0.05) is 26.2 Å². The van der Waals surface area contributed by atoms with Crippen LogP contribution < -0.4 is 5.73 Å². The molecule has 2 aliphatic rings. The number of nitrogens with zero attached hydrogens (tertiary/aromatic N) is 1. The minimum Gasteiger partial charge on any atom is -0.381 e. The second kappa shape index (κ2) is 6.77. The maximum absolute atomic E-state index is 13.0. The average molecular weight is 304 g/mol. The van der Waals surface area contributed by atoms with Crippen molar-refractivity contribution in [2.45, 2.75) is 37.5 Å². The standard InChI is InChI=1S/C17H24N2O3/c1-21-14-6-8-19(13(10-14)11-18)17(20)16-15-5-3-2-4-12(15)7-9-22-16/h2-5,13-14,16H,6-11,18H2,1H3. The van der Waals surface area contributed by atoms with Crippen molar-refractivity contribution in [2.24, 2.45) is 5.73 Å². The molecule has 3 atom stereocenters. The van der Waals surface area contributed by atoms with Gasteiger partial charge in [-0.05, 0) is 30.4 Å². The molecule has 0 aliphatic carbocycles. The summed E-state index contributed by atoms with van der Waals surface area (Å²) >= 11 is 0. The molecule has 5 nitrogen and oxygen atoms in total. The molecule has 120 valence electrons. The summed E-state index contributed by atoms with van der Waals surface area (Å²) in [6.45, 7) is 1.73. The summed E-state index contributed by atoms with van der Waals surface area (Å²) < 4.78 is 11.2. The normalized spacial score (nSPS) is 28.3. The molecule has 1 aromatic carbocycles. The molecular formula is C17H24N2O3. The van der Waals surface area contributed by atoms with E-state index in [4.69, 9.17) is 15.2 Å². The van der Waals surface area contributed by atoms with Gasteiger partial charge in [-0.15, -0.1) is 0 Å². The summed E-state index contributed by atoms with van der Waals surface area (Å²) in [7, 11) is 1.72. The van der Waals surface area contributed by atoms with Crippen LogP contribution in [-0.4, -0.2) is 49.8 Å². The van der Waals surface area contributed by atoms with Crippen LogP contribution in [0, 0.1) is 0 Å². The SMILES string of the molecule is COC1CCN(C(=O)C2OCCc3ccccc32)C(CN)C1. The van der Waals surface area contributed by atoms with Crippen molar-refractivity contribution in [3.63, 3.8) is 0 Å². The Morgan fingerprint density at radius 2 is 2.27 bits per heavy atom. The van der Waals surface area contributed by atoms with E-state index in [1.807, 2.05) is 23.1 Å². The van der Waals surface area contributed by atoms with E-state index in [1.54, 1.807) is 7.11 Å². The fraction of sp³-hybridized carbons (Fsp3) is 0.588. The van der Waals surface area contributed by atoms with Crippen molar-refractivity contribution < 1.29 is 14.3 Å². The van der Waals surface area contributed by atoms with Crippen LogP contribution >= 0.6 is 0 Å². The Balaban J connectivity index is 1.79. The number of carbonyl (C=O) groups is 1. The molecule has 22 heavy (non-hydrogen) atoms. The molecule has 3 unspecified atom stereocenters. The maximum Gasteiger partial charge on any atom is 0.256 e. The molecule has 2 N–H and O–H groups in total. The molecule has 2 heterocycles. The number of hydrogen-bond acceptors (Lipinski definition) is 4. The topological polar surface area (TPSA) is 64.8 Å². The first-order chi connectivity index (χ1) is 10.7. The van der Waals surface area contributed by atoms with Crippen molar-refractivity contribution in [3.8, 4) is 0 Å². The Bertz CT molecular complexity index is 534. The lowest BCUT2D eigenvalue weighted by Gasteiger charge is -2.40. The number of fused-ring (bicyclic) bond motifs is 1. The van der Waals surface area contributed by atoms with Crippen molar-refractivity contribution in [2.75, 3.05) is 26.8 Å². The van der Waals surface area contributed by atoms with Gasteiger partial charge in [-0.25, -0.2) is 0 Å². The predicted octanol–water partition coefficient (Wildman–Crippen LogP) is 1.27. The van der Waals surface area contributed by atoms with Crippen LogP contribution in [0.3, 0.4) is 0 Å². The zero-order valence-corrected chi connectivity index (χ0v) is 13.0. The minimum absolute atomic E-state index is 0.0314. The Hall–Kier alpha value is -1.43. The van der Waals surface area contributed by atoms with Gasteiger partial charge in [0.15, 0.2) is 6.10 Å². The van der Waals surface area contributed by atoms with Crippen molar-refractivity contribution in [3.05, 3.63) is 35.4 Å². The molecule has 1 fully saturated rings. The number of methoxy groups -OCH3 is 1. The summed E-state index contributed by atoms with van der Waals surface area (Å²) in [5.74, 6) is 0.0390. The fourth-order valence-electron chi connectivity index (χ4n) is 3.49. The molecule has 0 saturated carbocycles. The molecule has 3 rings (SSSR count). The number of carbonyl (C=O) groups excluding carboxylic acids is 1. The van der Waals surface area contributed by atoms with E-state index in [1.165, 1.54) is 5.56 Å². The second-order valence-corrected chi connectivity index (χ2v) is 6.00. The van der Waals surface area contributed by atoms with Gasteiger partial charge >= 0.3 is 0 Å². The molecule has 1 amide bonds. The molecule has 1 aromatic rings. The van der Waals surface area contributed by atoms with Crippen LogP contribution in [0.2, 0.25) is 0 Å². The zero-order chi connectivity index (χ0) is 15.5. The molecule has 0 aromatic heterocycles. The number of piperidine rings is 1. The highest BCUT2D eigenvalue weighted by Crippen LogP contribution is 2.31.